The van der Waals surface area contributed by atoms with Crippen LogP contribution in [-0.2, 0) is 4.18 Å². The summed E-state index contributed by atoms with van der Waals surface area (Å²) in [6, 6.07) is 5.20. The third-order valence-corrected chi connectivity index (χ3v) is 2.83. The van der Waals surface area contributed by atoms with Gasteiger partial charge in [-0.1, -0.05) is 0 Å². The average Bonchev–Trinajstić information content (AvgIpc) is 2.25. The molecule has 1 amide bonds. The number of nitriles is 1. The van der Waals surface area contributed by atoms with Gasteiger partial charge < -0.3 is 9.08 Å². The zero-order chi connectivity index (χ0) is 11.4. The first-order chi connectivity index (χ1) is 7.79. The summed E-state index contributed by atoms with van der Waals surface area (Å²) < 4.78 is 4.99. The Hall–Kier alpha value is -1.74. The molecule has 2 heterocycles. The van der Waals surface area contributed by atoms with E-state index in [1.807, 2.05) is 6.07 Å². The van der Waals surface area contributed by atoms with Gasteiger partial charge in [0.15, 0.2) is 0 Å². The molecule has 1 aromatic rings. The summed E-state index contributed by atoms with van der Waals surface area (Å²) in [4.78, 5) is 17.5. The molecule has 5 nitrogen and oxygen atoms in total. The molecule has 0 bridgehead atoms. The number of pyridine rings is 1. The smallest absolute Gasteiger partial charge is 0.370 e. The van der Waals surface area contributed by atoms with Crippen molar-refractivity contribution >= 4 is 18.1 Å². The highest BCUT2D eigenvalue weighted by Gasteiger charge is 2.21. The van der Waals surface area contributed by atoms with Crippen molar-refractivity contribution in [3.8, 4) is 6.07 Å². The maximum absolute atomic E-state index is 11.3. The van der Waals surface area contributed by atoms with E-state index in [0.717, 1.165) is 31.6 Å². The highest BCUT2D eigenvalue weighted by molar-refractivity contribution is 7.95. The van der Waals surface area contributed by atoms with E-state index in [1.165, 1.54) is 6.20 Å². The van der Waals surface area contributed by atoms with Crippen LogP contribution in [0.25, 0.3) is 0 Å². The summed E-state index contributed by atoms with van der Waals surface area (Å²) in [5.74, 6) is 0. The maximum Gasteiger partial charge on any atom is 0.422 e. The summed E-state index contributed by atoms with van der Waals surface area (Å²) in [5, 5.41) is 8.55. The molecule has 0 spiro atoms. The summed E-state index contributed by atoms with van der Waals surface area (Å²) in [6.07, 6.45) is 2.23. The van der Waals surface area contributed by atoms with Crippen LogP contribution in [0.1, 0.15) is 12.1 Å². The average molecular weight is 235 g/mol. The number of hydrogen-bond donors (Lipinski definition) is 0. The van der Waals surface area contributed by atoms with Gasteiger partial charge in [0.05, 0.1) is 16.9 Å². The fourth-order valence-corrected chi connectivity index (χ4v) is 1.62. The Morgan fingerprint density at radius 1 is 1.56 bits per heavy atom. The van der Waals surface area contributed by atoms with Crippen molar-refractivity contribution in [2.24, 2.45) is 0 Å². The number of carbonyl (C=O) groups is 1. The van der Waals surface area contributed by atoms with Crippen molar-refractivity contribution in [2.45, 2.75) is 11.3 Å². The van der Waals surface area contributed by atoms with Crippen molar-refractivity contribution in [1.29, 1.82) is 5.26 Å². The highest BCUT2D eigenvalue weighted by Crippen LogP contribution is 2.20. The first-order valence-corrected chi connectivity index (χ1v) is 5.53. The monoisotopic (exact) mass is 235 g/mol. The van der Waals surface area contributed by atoms with Gasteiger partial charge in [0.25, 0.3) is 0 Å². The van der Waals surface area contributed by atoms with Gasteiger partial charge >= 0.3 is 6.09 Å². The molecule has 0 N–H and O–H groups in total. The number of rotatable bonds is 2. The van der Waals surface area contributed by atoms with E-state index in [4.69, 9.17) is 9.44 Å². The van der Waals surface area contributed by atoms with E-state index in [9.17, 15) is 4.79 Å². The summed E-state index contributed by atoms with van der Waals surface area (Å²) in [7, 11) is 0. The molecule has 1 saturated heterocycles. The van der Waals surface area contributed by atoms with Gasteiger partial charge in [-0.3, -0.25) is 0 Å². The lowest BCUT2D eigenvalue weighted by Crippen LogP contribution is -2.41. The number of nitrogens with zero attached hydrogens (tertiary/aromatic N) is 3. The normalized spacial score (nSPS) is 13.8. The van der Waals surface area contributed by atoms with Gasteiger partial charge in [-0.2, -0.15) is 5.26 Å². The zero-order valence-electron chi connectivity index (χ0n) is 8.42. The van der Waals surface area contributed by atoms with Crippen molar-refractivity contribution < 1.29 is 8.98 Å². The fraction of sp³-hybridized carbons (Fsp3) is 0.300. The predicted molar refractivity (Wildman–Crippen MR) is 57.5 cm³/mol. The Bertz CT molecular complexity index is 423. The molecule has 0 aromatic carbocycles. The van der Waals surface area contributed by atoms with Gasteiger partial charge in [-0.15, -0.1) is 0 Å². The second-order valence-corrected chi connectivity index (χ2v) is 4.07. The molecule has 0 radical (unpaired) electrons. The minimum absolute atomic E-state index is 0.319. The number of aromatic nitrogens is 1. The Morgan fingerprint density at radius 2 is 2.38 bits per heavy atom. The summed E-state index contributed by atoms with van der Waals surface area (Å²) in [5.41, 5.74) is 0.346. The molecule has 1 aliphatic rings. The van der Waals surface area contributed by atoms with Crippen LogP contribution in [0, 0.1) is 11.3 Å². The van der Waals surface area contributed by atoms with Crippen molar-refractivity contribution in [1.82, 2.24) is 9.88 Å². The quantitative estimate of drug-likeness (QED) is 0.731. The standard InChI is InChI=1S/C10H9N3O2S/c11-6-8-2-3-9(7-12-8)16-15-10(14)13-4-1-5-13/h2-3,7H,1,4-5H2. The second kappa shape index (κ2) is 4.86. The van der Waals surface area contributed by atoms with Crippen molar-refractivity contribution in [2.75, 3.05) is 13.1 Å². The Balaban J connectivity index is 1.84. The topological polar surface area (TPSA) is 66.2 Å². The van der Waals surface area contributed by atoms with Crippen LogP contribution < -0.4 is 0 Å². The van der Waals surface area contributed by atoms with Gasteiger partial charge in [-0.05, 0) is 18.6 Å². The van der Waals surface area contributed by atoms with E-state index in [-0.39, 0.29) is 6.09 Å². The first-order valence-electron chi connectivity index (χ1n) is 4.79. The van der Waals surface area contributed by atoms with Crippen molar-refractivity contribution in [3.05, 3.63) is 24.0 Å². The lowest BCUT2D eigenvalue weighted by molar-refractivity contribution is 0.132. The van der Waals surface area contributed by atoms with Gasteiger partial charge in [-0.25, -0.2) is 9.78 Å². The van der Waals surface area contributed by atoms with Gasteiger partial charge in [0, 0.05) is 19.3 Å². The molecule has 16 heavy (non-hydrogen) atoms. The Morgan fingerprint density at radius 3 is 2.88 bits per heavy atom. The van der Waals surface area contributed by atoms with Crippen LogP contribution >= 0.6 is 12.0 Å². The van der Waals surface area contributed by atoms with Crippen LogP contribution in [0.15, 0.2) is 23.2 Å². The van der Waals surface area contributed by atoms with E-state index in [1.54, 1.807) is 17.0 Å². The minimum Gasteiger partial charge on any atom is -0.370 e. The molecule has 2 rings (SSSR count). The summed E-state index contributed by atoms with van der Waals surface area (Å²) in [6.45, 7) is 1.54. The third-order valence-electron chi connectivity index (χ3n) is 2.17. The molecular formula is C10H9N3O2S. The largest absolute Gasteiger partial charge is 0.422 e. The lowest BCUT2D eigenvalue weighted by atomic mass is 10.2. The number of carbonyl (C=O) groups excluding carboxylic acids is 1. The molecule has 1 fully saturated rings. The molecule has 1 aliphatic heterocycles. The fourth-order valence-electron chi connectivity index (χ4n) is 1.13. The van der Waals surface area contributed by atoms with Crippen LogP contribution in [-0.4, -0.2) is 29.1 Å². The molecule has 6 heteroatoms. The molecule has 0 saturated carbocycles. The summed E-state index contributed by atoms with van der Waals surface area (Å²) >= 11 is 0.962. The van der Waals surface area contributed by atoms with Gasteiger partial charge in [0.1, 0.15) is 11.8 Å². The lowest BCUT2D eigenvalue weighted by Gasteiger charge is -2.28. The minimum atomic E-state index is -0.319. The molecule has 1 aromatic heterocycles. The van der Waals surface area contributed by atoms with Gasteiger partial charge in [0.2, 0.25) is 0 Å². The molecular weight excluding hydrogens is 226 g/mol. The number of amides is 1. The first kappa shape index (κ1) is 10.8. The molecule has 0 aliphatic carbocycles. The number of hydrogen-bond acceptors (Lipinski definition) is 5. The number of likely N-dealkylation sites (tertiary alicyclic amines) is 1. The Labute approximate surface area is 97.2 Å². The highest BCUT2D eigenvalue weighted by atomic mass is 32.2. The zero-order valence-corrected chi connectivity index (χ0v) is 9.24. The molecule has 0 unspecified atom stereocenters. The van der Waals surface area contributed by atoms with Crippen molar-refractivity contribution in [3.63, 3.8) is 0 Å². The van der Waals surface area contributed by atoms with Crippen LogP contribution in [0.2, 0.25) is 0 Å². The van der Waals surface area contributed by atoms with Crippen LogP contribution in [0.3, 0.4) is 0 Å². The van der Waals surface area contributed by atoms with E-state index < -0.39 is 0 Å². The predicted octanol–water partition coefficient (Wildman–Crippen LogP) is 1.80. The molecule has 0 atom stereocenters. The Kier molecular flexibility index (Phi) is 3.27. The van der Waals surface area contributed by atoms with E-state index in [2.05, 4.69) is 4.98 Å². The van der Waals surface area contributed by atoms with Crippen LogP contribution in [0.5, 0.6) is 0 Å². The maximum atomic E-state index is 11.3. The van der Waals surface area contributed by atoms with E-state index >= 15 is 0 Å². The second-order valence-electron chi connectivity index (χ2n) is 3.26. The molecule has 82 valence electrons. The van der Waals surface area contributed by atoms with E-state index in [0.29, 0.717) is 10.6 Å². The SMILES string of the molecule is N#Cc1ccc(SOC(=O)N2CCC2)cn1. The third kappa shape index (κ3) is 2.44. The van der Waals surface area contributed by atoms with Crippen LogP contribution in [0.4, 0.5) is 4.79 Å².